The molecule has 3 rings (SSSR count). The highest BCUT2D eigenvalue weighted by Crippen LogP contribution is 2.25. The Balaban J connectivity index is 1.83. The summed E-state index contributed by atoms with van der Waals surface area (Å²) >= 11 is 0. The second kappa shape index (κ2) is 10.6. The summed E-state index contributed by atoms with van der Waals surface area (Å²) in [7, 11) is -2.93. The summed E-state index contributed by atoms with van der Waals surface area (Å²) in [4.78, 5) is 29.5. The van der Waals surface area contributed by atoms with Gasteiger partial charge in [0.2, 0.25) is 0 Å². The Hall–Kier alpha value is -3.25. The molecule has 0 spiro atoms. The Morgan fingerprint density at radius 2 is 1.83 bits per heavy atom. The van der Waals surface area contributed by atoms with E-state index in [9.17, 15) is 22.4 Å². The maximum absolute atomic E-state index is 14.8. The summed E-state index contributed by atoms with van der Waals surface area (Å²) in [5.74, 6) is -1.44. The predicted molar refractivity (Wildman–Crippen MR) is 126 cm³/mol. The highest BCUT2D eigenvalue weighted by Gasteiger charge is 2.35. The van der Waals surface area contributed by atoms with E-state index >= 15 is 0 Å². The van der Waals surface area contributed by atoms with Crippen LogP contribution in [0.15, 0.2) is 42.7 Å². The van der Waals surface area contributed by atoms with Crippen LogP contribution in [-0.2, 0) is 26.2 Å². The van der Waals surface area contributed by atoms with Gasteiger partial charge in [0.25, 0.3) is 0 Å². The molecule has 10 nitrogen and oxygen atoms in total. The molecule has 0 atom stereocenters. The van der Waals surface area contributed by atoms with Gasteiger partial charge in [0.1, 0.15) is 11.4 Å². The Kier molecular flexibility index (Phi) is 7.96. The lowest BCUT2D eigenvalue weighted by molar-refractivity contribution is 0.0192. The van der Waals surface area contributed by atoms with Crippen LogP contribution in [0.5, 0.6) is 0 Å². The molecule has 1 amide bonds. The molecule has 1 aliphatic heterocycles. The number of piperazine rings is 1. The number of halogens is 1. The molecule has 2 heterocycles. The van der Waals surface area contributed by atoms with Gasteiger partial charge in [-0.25, -0.2) is 14.0 Å². The normalized spacial score (nSPS) is 14.9. The molecule has 1 aliphatic rings. The first-order chi connectivity index (χ1) is 16.4. The molecule has 1 saturated heterocycles. The van der Waals surface area contributed by atoms with Crippen molar-refractivity contribution in [2.24, 2.45) is 0 Å². The largest absolute Gasteiger partial charge is 0.465 e. The molecule has 1 aromatic carbocycles. The second-order valence-electron chi connectivity index (χ2n) is 8.89. The SMILES string of the molecule is COC(=O)c1ccc(CN(c2cccnc2)S(=O)(=O)N2CCN(C(=O)OC(C)(C)C)CC2)c(F)c1. The Bertz CT molecular complexity index is 1160. The summed E-state index contributed by atoms with van der Waals surface area (Å²) in [5, 5.41) is 0. The standard InChI is InChI=1S/C23H29FN4O6S/c1-23(2,3)34-22(30)26-10-12-27(13-11-26)35(31,32)28(19-6-5-9-25-15-19)16-18-8-7-17(14-20(18)24)21(29)33-4/h5-9,14-15H,10-13,16H2,1-4H3. The zero-order valence-electron chi connectivity index (χ0n) is 20.1. The number of esters is 1. The van der Waals surface area contributed by atoms with Crippen LogP contribution in [0.3, 0.4) is 0 Å². The quantitative estimate of drug-likeness (QED) is 0.552. The Morgan fingerprint density at radius 1 is 1.14 bits per heavy atom. The fourth-order valence-corrected chi connectivity index (χ4v) is 5.03. The van der Waals surface area contributed by atoms with Crippen LogP contribution in [-0.4, -0.2) is 73.6 Å². The van der Waals surface area contributed by atoms with Crippen LogP contribution in [0, 0.1) is 5.82 Å². The van der Waals surface area contributed by atoms with Crippen molar-refractivity contribution in [3.05, 3.63) is 59.7 Å². The van der Waals surface area contributed by atoms with Crippen molar-refractivity contribution >= 4 is 28.0 Å². The van der Waals surface area contributed by atoms with E-state index in [1.165, 1.54) is 40.8 Å². The van der Waals surface area contributed by atoms with Gasteiger partial charge in [-0.15, -0.1) is 0 Å². The van der Waals surface area contributed by atoms with E-state index in [1.807, 2.05) is 0 Å². The summed E-state index contributed by atoms with van der Waals surface area (Å²) in [6.07, 6.45) is 2.36. The van der Waals surface area contributed by atoms with Gasteiger partial charge >= 0.3 is 22.3 Å². The molecule has 1 aromatic heterocycles. The zero-order chi connectivity index (χ0) is 25.8. The second-order valence-corrected chi connectivity index (χ2v) is 10.7. The van der Waals surface area contributed by atoms with Gasteiger partial charge in [-0.1, -0.05) is 6.07 Å². The minimum absolute atomic E-state index is 0.0165. The number of aromatic nitrogens is 1. The minimum atomic E-state index is -4.12. The summed E-state index contributed by atoms with van der Waals surface area (Å²) in [5.41, 5.74) is -0.330. The molecule has 0 unspecified atom stereocenters. The first-order valence-corrected chi connectivity index (χ1v) is 12.3. The van der Waals surface area contributed by atoms with Gasteiger partial charge in [0.05, 0.1) is 31.1 Å². The zero-order valence-corrected chi connectivity index (χ0v) is 20.9. The predicted octanol–water partition coefficient (Wildman–Crippen LogP) is 2.81. The van der Waals surface area contributed by atoms with Crippen molar-refractivity contribution in [3.8, 4) is 0 Å². The van der Waals surface area contributed by atoms with Crippen molar-refractivity contribution < 1.29 is 31.9 Å². The number of anilines is 1. The third-order valence-electron chi connectivity index (χ3n) is 5.22. The van der Waals surface area contributed by atoms with Gasteiger partial charge in [0.15, 0.2) is 0 Å². The van der Waals surface area contributed by atoms with E-state index in [4.69, 9.17) is 4.74 Å². The van der Waals surface area contributed by atoms with Crippen LogP contribution < -0.4 is 4.31 Å². The number of hydrogen-bond acceptors (Lipinski definition) is 7. The molecule has 190 valence electrons. The molecule has 0 bridgehead atoms. The number of benzene rings is 1. The fraction of sp³-hybridized carbons (Fsp3) is 0.435. The van der Waals surface area contributed by atoms with Crippen molar-refractivity contribution in [1.82, 2.24) is 14.2 Å². The number of carbonyl (C=O) groups excluding carboxylic acids is 2. The van der Waals surface area contributed by atoms with Gasteiger partial charge in [-0.3, -0.25) is 9.29 Å². The van der Waals surface area contributed by atoms with Gasteiger partial charge in [0, 0.05) is 37.9 Å². The number of ether oxygens (including phenoxy) is 2. The number of methoxy groups -OCH3 is 1. The monoisotopic (exact) mass is 508 g/mol. The van der Waals surface area contributed by atoms with E-state index in [-0.39, 0.29) is 49.5 Å². The third kappa shape index (κ3) is 6.45. The van der Waals surface area contributed by atoms with E-state index in [0.717, 1.165) is 10.4 Å². The highest BCUT2D eigenvalue weighted by atomic mass is 32.2. The van der Waals surface area contributed by atoms with Crippen molar-refractivity contribution in [2.45, 2.75) is 32.9 Å². The number of rotatable bonds is 6. The first-order valence-electron chi connectivity index (χ1n) is 10.9. The average molecular weight is 509 g/mol. The number of nitrogens with zero attached hydrogens (tertiary/aromatic N) is 4. The number of amides is 1. The maximum atomic E-state index is 14.8. The van der Waals surface area contributed by atoms with Crippen LogP contribution in [0.4, 0.5) is 14.9 Å². The minimum Gasteiger partial charge on any atom is -0.465 e. The molecule has 0 N–H and O–H groups in total. The van der Waals surface area contributed by atoms with Gasteiger partial charge in [-0.2, -0.15) is 12.7 Å². The Labute approximate surface area is 204 Å². The average Bonchev–Trinajstić information content (AvgIpc) is 2.82. The molecule has 0 radical (unpaired) electrons. The van der Waals surface area contributed by atoms with E-state index in [2.05, 4.69) is 9.72 Å². The molecule has 0 saturated carbocycles. The van der Waals surface area contributed by atoms with E-state index in [1.54, 1.807) is 32.9 Å². The van der Waals surface area contributed by atoms with E-state index < -0.39 is 33.7 Å². The molecular weight excluding hydrogens is 479 g/mol. The number of hydrogen-bond donors (Lipinski definition) is 0. The third-order valence-corrected chi connectivity index (χ3v) is 7.13. The molecule has 35 heavy (non-hydrogen) atoms. The number of pyridine rings is 1. The van der Waals surface area contributed by atoms with Crippen LogP contribution in [0.1, 0.15) is 36.7 Å². The lowest BCUT2D eigenvalue weighted by Gasteiger charge is -2.37. The van der Waals surface area contributed by atoms with Crippen molar-refractivity contribution in [2.75, 3.05) is 37.6 Å². The van der Waals surface area contributed by atoms with Gasteiger partial charge < -0.3 is 14.4 Å². The molecular formula is C23H29FN4O6S. The van der Waals surface area contributed by atoms with Crippen LogP contribution in [0.25, 0.3) is 0 Å². The van der Waals surface area contributed by atoms with Crippen molar-refractivity contribution in [1.29, 1.82) is 0 Å². The lowest BCUT2D eigenvalue weighted by atomic mass is 10.1. The lowest BCUT2D eigenvalue weighted by Crippen LogP contribution is -2.54. The fourth-order valence-electron chi connectivity index (χ4n) is 3.45. The highest BCUT2D eigenvalue weighted by molar-refractivity contribution is 7.90. The first kappa shape index (κ1) is 26.4. The van der Waals surface area contributed by atoms with Crippen LogP contribution >= 0.6 is 0 Å². The summed E-state index contributed by atoms with van der Waals surface area (Å²) < 4.78 is 54.3. The van der Waals surface area contributed by atoms with Crippen LogP contribution in [0.2, 0.25) is 0 Å². The maximum Gasteiger partial charge on any atom is 0.410 e. The summed E-state index contributed by atoms with van der Waals surface area (Å²) in [6, 6.07) is 6.87. The van der Waals surface area contributed by atoms with E-state index in [0.29, 0.717) is 0 Å². The smallest absolute Gasteiger partial charge is 0.410 e. The van der Waals surface area contributed by atoms with Gasteiger partial charge in [-0.05, 0) is 45.0 Å². The molecule has 1 fully saturated rings. The molecule has 2 aromatic rings. The molecule has 0 aliphatic carbocycles. The summed E-state index contributed by atoms with van der Waals surface area (Å²) in [6.45, 7) is 5.34. The Morgan fingerprint density at radius 3 is 2.37 bits per heavy atom. The number of carbonyl (C=O) groups is 2. The van der Waals surface area contributed by atoms with Crippen molar-refractivity contribution in [3.63, 3.8) is 0 Å². The topological polar surface area (TPSA) is 109 Å². The molecule has 12 heteroatoms.